The van der Waals surface area contributed by atoms with Crippen LogP contribution in [0.1, 0.15) is 12.0 Å². The highest BCUT2D eigenvalue weighted by molar-refractivity contribution is 5.69. The fraction of sp³-hybridized carbons (Fsp3) is 0.280. The Bertz CT molecular complexity index is 1170. The van der Waals surface area contributed by atoms with Crippen LogP contribution in [0.25, 0.3) is 22.6 Å². The van der Waals surface area contributed by atoms with Crippen molar-refractivity contribution >= 4 is 5.82 Å². The number of aliphatic hydroxyl groups excluding tert-OH is 1. The molecule has 1 atom stereocenters. The Hall–Kier alpha value is -3.98. The molecule has 168 valence electrons. The monoisotopic (exact) mass is 442 g/mol. The van der Waals surface area contributed by atoms with Crippen LogP contribution in [0, 0.1) is 22.7 Å². The Kier molecular flexibility index (Phi) is 8.31. The molecule has 0 radical (unpaired) electrons. The number of nitriles is 2. The molecule has 3 aromatic rings. The number of hydrogen-bond donors (Lipinski definition) is 2. The largest absolute Gasteiger partial charge is 0.491 e. The molecule has 0 spiro atoms. The fourth-order valence-corrected chi connectivity index (χ4v) is 3.20. The minimum atomic E-state index is -0.619. The number of anilines is 1. The average molecular weight is 443 g/mol. The summed E-state index contributed by atoms with van der Waals surface area (Å²) >= 11 is 0. The number of aromatic nitrogens is 2. The summed E-state index contributed by atoms with van der Waals surface area (Å²) in [5, 5.41) is 31.1. The van der Waals surface area contributed by atoms with Crippen molar-refractivity contribution in [3.8, 4) is 40.5 Å². The van der Waals surface area contributed by atoms with E-state index in [0.29, 0.717) is 48.2 Å². The lowest BCUT2D eigenvalue weighted by Crippen LogP contribution is -2.29. The summed E-state index contributed by atoms with van der Waals surface area (Å²) < 4.78 is 5.73. The second kappa shape index (κ2) is 11.6. The third-order valence-electron chi connectivity index (χ3n) is 4.92. The molecule has 3 rings (SSSR count). The van der Waals surface area contributed by atoms with Crippen molar-refractivity contribution in [1.29, 1.82) is 10.5 Å². The van der Waals surface area contributed by atoms with E-state index in [9.17, 15) is 10.4 Å². The van der Waals surface area contributed by atoms with E-state index in [4.69, 9.17) is 20.0 Å². The number of ether oxygens (including phenoxy) is 1. The molecule has 8 heteroatoms. The lowest BCUT2D eigenvalue weighted by atomic mass is 10.1. The summed E-state index contributed by atoms with van der Waals surface area (Å²) in [6, 6.07) is 20.8. The van der Waals surface area contributed by atoms with Gasteiger partial charge in [0.2, 0.25) is 0 Å². The van der Waals surface area contributed by atoms with E-state index in [1.165, 1.54) is 0 Å². The second-order valence-electron chi connectivity index (χ2n) is 7.51. The maximum atomic E-state index is 9.91. The minimum Gasteiger partial charge on any atom is -0.491 e. The second-order valence-corrected chi connectivity index (χ2v) is 7.51. The number of aliphatic hydroxyl groups is 1. The number of benzene rings is 2. The van der Waals surface area contributed by atoms with Crippen molar-refractivity contribution < 1.29 is 9.84 Å². The smallest absolute Gasteiger partial charge is 0.162 e. The van der Waals surface area contributed by atoms with Gasteiger partial charge in [0.25, 0.3) is 0 Å². The first-order valence-electron chi connectivity index (χ1n) is 10.6. The van der Waals surface area contributed by atoms with Gasteiger partial charge in [0.05, 0.1) is 29.8 Å². The number of hydrogen-bond acceptors (Lipinski definition) is 8. The van der Waals surface area contributed by atoms with Gasteiger partial charge in [-0.25, -0.2) is 9.97 Å². The topological polar surface area (TPSA) is 118 Å². The molecule has 1 unspecified atom stereocenters. The zero-order chi connectivity index (χ0) is 23.6. The number of likely N-dealkylation sites (N-methyl/N-ethyl adjacent to an activating group) is 1. The fourth-order valence-electron chi connectivity index (χ4n) is 3.20. The van der Waals surface area contributed by atoms with Crippen LogP contribution in [-0.4, -0.2) is 55.0 Å². The molecule has 0 bridgehead atoms. The zero-order valence-electron chi connectivity index (χ0n) is 18.7. The van der Waals surface area contributed by atoms with Gasteiger partial charge in [-0.1, -0.05) is 24.3 Å². The molecule has 2 aromatic carbocycles. The van der Waals surface area contributed by atoms with Crippen LogP contribution in [0.15, 0.2) is 54.6 Å². The molecule has 8 nitrogen and oxygen atoms in total. The van der Waals surface area contributed by atoms with Gasteiger partial charge >= 0.3 is 0 Å². The molecule has 0 aliphatic carbocycles. The van der Waals surface area contributed by atoms with Crippen molar-refractivity contribution in [2.45, 2.75) is 12.5 Å². The van der Waals surface area contributed by atoms with Crippen LogP contribution in [0.5, 0.6) is 5.75 Å². The molecule has 0 saturated carbocycles. The molecular weight excluding hydrogens is 416 g/mol. The normalized spacial score (nSPS) is 11.3. The van der Waals surface area contributed by atoms with E-state index >= 15 is 0 Å². The predicted molar refractivity (Wildman–Crippen MR) is 127 cm³/mol. The first-order chi connectivity index (χ1) is 16.0. The molecule has 0 amide bonds. The Labute approximate surface area is 193 Å². The summed E-state index contributed by atoms with van der Waals surface area (Å²) in [7, 11) is 3.65. The van der Waals surface area contributed by atoms with Gasteiger partial charge in [0, 0.05) is 37.3 Å². The average Bonchev–Trinajstić information content (AvgIpc) is 2.86. The quantitative estimate of drug-likeness (QED) is 0.492. The van der Waals surface area contributed by atoms with Gasteiger partial charge in [0.1, 0.15) is 24.3 Å². The zero-order valence-corrected chi connectivity index (χ0v) is 18.7. The molecule has 0 aliphatic rings. The summed E-state index contributed by atoms with van der Waals surface area (Å²) in [6.07, 6.45) is -0.251. The summed E-state index contributed by atoms with van der Waals surface area (Å²) in [4.78, 5) is 11.4. The highest BCUT2D eigenvalue weighted by atomic mass is 16.5. The van der Waals surface area contributed by atoms with Crippen LogP contribution >= 0.6 is 0 Å². The van der Waals surface area contributed by atoms with Crippen molar-refractivity contribution in [1.82, 2.24) is 15.3 Å². The van der Waals surface area contributed by atoms with E-state index in [0.717, 1.165) is 11.1 Å². The Morgan fingerprint density at radius 1 is 1.09 bits per heavy atom. The summed E-state index contributed by atoms with van der Waals surface area (Å²) in [6.45, 7) is 1.12. The molecule has 0 fully saturated rings. The van der Waals surface area contributed by atoms with Crippen molar-refractivity contribution in [3.05, 3.63) is 60.2 Å². The maximum Gasteiger partial charge on any atom is 0.162 e. The molecule has 0 aliphatic heterocycles. The van der Waals surface area contributed by atoms with Gasteiger partial charge in [0.15, 0.2) is 5.82 Å². The number of nitrogens with one attached hydrogen (secondary N) is 1. The van der Waals surface area contributed by atoms with E-state index in [2.05, 4.69) is 17.5 Å². The first kappa shape index (κ1) is 23.7. The molecular formula is C25H26N6O2. The van der Waals surface area contributed by atoms with Crippen LogP contribution in [0.3, 0.4) is 0 Å². The van der Waals surface area contributed by atoms with Gasteiger partial charge in [-0.3, -0.25) is 0 Å². The van der Waals surface area contributed by atoms with Gasteiger partial charge < -0.3 is 20.1 Å². The Morgan fingerprint density at radius 2 is 1.88 bits per heavy atom. The van der Waals surface area contributed by atoms with E-state index in [-0.39, 0.29) is 6.61 Å². The third-order valence-corrected chi connectivity index (χ3v) is 4.92. The van der Waals surface area contributed by atoms with E-state index in [1.54, 1.807) is 19.2 Å². The lowest BCUT2D eigenvalue weighted by molar-refractivity contribution is 0.108. The predicted octanol–water partition coefficient (Wildman–Crippen LogP) is 2.99. The standard InChI is InChI=1S/C25H26N6O2/c1-28-16-21(32)17-33-22-9-4-8-20(13-22)25-29-23(19-7-3-6-18(12-19)15-27)14-24(30-25)31(2)11-5-10-26/h3-4,6-9,12-14,21,28,32H,5,11,16-17H2,1-2H3. The molecule has 2 N–H and O–H groups in total. The van der Waals surface area contributed by atoms with Gasteiger partial charge in [-0.2, -0.15) is 10.5 Å². The van der Waals surface area contributed by atoms with Crippen LogP contribution in [0.2, 0.25) is 0 Å². The highest BCUT2D eigenvalue weighted by Crippen LogP contribution is 2.28. The van der Waals surface area contributed by atoms with Crippen LogP contribution in [-0.2, 0) is 0 Å². The Morgan fingerprint density at radius 3 is 2.64 bits per heavy atom. The van der Waals surface area contributed by atoms with Crippen LogP contribution in [0.4, 0.5) is 5.82 Å². The van der Waals surface area contributed by atoms with Gasteiger partial charge in [-0.15, -0.1) is 0 Å². The van der Waals surface area contributed by atoms with Crippen molar-refractivity contribution in [2.75, 3.05) is 38.7 Å². The van der Waals surface area contributed by atoms with Gasteiger partial charge in [-0.05, 0) is 31.3 Å². The lowest BCUT2D eigenvalue weighted by Gasteiger charge is -2.19. The molecule has 0 saturated heterocycles. The molecule has 1 aromatic heterocycles. The van der Waals surface area contributed by atoms with Crippen LogP contribution < -0.4 is 15.0 Å². The number of nitrogens with zero attached hydrogens (tertiary/aromatic N) is 5. The Balaban J connectivity index is 1.99. The maximum absolute atomic E-state index is 9.91. The third kappa shape index (κ3) is 6.50. The summed E-state index contributed by atoms with van der Waals surface area (Å²) in [5.74, 6) is 1.76. The van der Waals surface area contributed by atoms with E-state index in [1.807, 2.05) is 54.4 Å². The number of rotatable bonds is 10. The molecule has 33 heavy (non-hydrogen) atoms. The van der Waals surface area contributed by atoms with E-state index < -0.39 is 6.10 Å². The minimum absolute atomic E-state index is 0.161. The van der Waals surface area contributed by atoms with Crippen molar-refractivity contribution in [3.63, 3.8) is 0 Å². The SMILES string of the molecule is CNCC(O)COc1cccc(-c2nc(-c3cccc(C#N)c3)cc(N(C)CCC#N)n2)c1. The van der Waals surface area contributed by atoms with Crippen molar-refractivity contribution in [2.24, 2.45) is 0 Å². The highest BCUT2D eigenvalue weighted by Gasteiger charge is 2.13. The summed E-state index contributed by atoms with van der Waals surface area (Å²) in [5.41, 5.74) is 2.77. The first-order valence-corrected chi connectivity index (χ1v) is 10.6. The molecule has 1 heterocycles.